The van der Waals surface area contributed by atoms with E-state index in [1.807, 2.05) is 61.5 Å². The van der Waals surface area contributed by atoms with Gasteiger partial charge in [-0.3, -0.25) is 4.99 Å². The fourth-order valence-corrected chi connectivity index (χ4v) is 3.35. The molecule has 8 heteroatoms. The maximum Gasteiger partial charge on any atom is 0.194 e. The van der Waals surface area contributed by atoms with E-state index in [9.17, 15) is 0 Å². The van der Waals surface area contributed by atoms with Crippen molar-refractivity contribution in [2.45, 2.75) is 13.1 Å². The van der Waals surface area contributed by atoms with E-state index in [1.54, 1.807) is 7.05 Å². The molecule has 0 aliphatic rings. The third kappa shape index (κ3) is 5.58. The molecule has 3 aromatic rings. The van der Waals surface area contributed by atoms with Gasteiger partial charge in [0.15, 0.2) is 5.96 Å². The third-order valence-corrected chi connectivity index (χ3v) is 4.59. The molecule has 0 spiro atoms. The zero-order chi connectivity index (χ0) is 18.5. The molecule has 6 nitrogen and oxygen atoms in total. The van der Waals surface area contributed by atoms with Crippen molar-refractivity contribution in [2.75, 3.05) is 14.1 Å². The van der Waals surface area contributed by atoms with Crippen LogP contribution in [0.3, 0.4) is 0 Å². The molecule has 0 amide bonds. The number of benzene rings is 1. The number of guanidine groups is 1. The highest BCUT2D eigenvalue weighted by atomic mass is 127. The Hall–Kier alpha value is -1.81. The summed E-state index contributed by atoms with van der Waals surface area (Å²) in [7, 11) is 5.87. The van der Waals surface area contributed by atoms with E-state index in [0.29, 0.717) is 6.54 Å². The van der Waals surface area contributed by atoms with Gasteiger partial charge in [-0.25, -0.2) is 4.68 Å². The van der Waals surface area contributed by atoms with Crippen LogP contribution < -0.4 is 5.32 Å². The molecule has 27 heavy (non-hydrogen) atoms. The van der Waals surface area contributed by atoms with Crippen molar-refractivity contribution in [3.05, 3.63) is 70.7 Å². The highest BCUT2D eigenvalue weighted by molar-refractivity contribution is 14.0. The Balaban J connectivity index is 0.00000261. The Labute approximate surface area is 185 Å². The van der Waals surface area contributed by atoms with E-state index < -0.39 is 0 Å². The number of nitrogens with zero attached hydrogens (tertiary/aromatic N) is 5. The molecule has 2 heterocycles. The Kier molecular flexibility index (Phi) is 7.91. The highest BCUT2D eigenvalue weighted by Crippen LogP contribution is 2.15. The van der Waals surface area contributed by atoms with Crippen LogP contribution in [0.5, 0.6) is 0 Å². The molecule has 0 bridgehead atoms. The molecule has 1 aromatic carbocycles. The summed E-state index contributed by atoms with van der Waals surface area (Å²) in [6, 6.07) is 12.2. The van der Waals surface area contributed by atoms with Gasteiger partial charge < -0.3 is 14.8 Å². The predicted octanol–water partition coefficient (Wildman–Crippen LogP) is 3.80. The Morgan fingerprint density at radius 2 is 2.00 bits per heavy atom. The molecular weight excluding hydrogens is 519 g/mol. The number of hydrogen-bond donors (Lipinski definition) is 1. The standard InChI is InChI=1S/C19H23BrN6.HI/c1-21-19(25(3)14-18-9-16(20)13-24(18)2)22-10-15-11-23-26(12-15)17-7-5-4-6-8-17;/h4-9,11-13H,10,14H2,1-3H3,(H,21,22);1H. The fraction of sp³-hybridized carbons (Fsp3) is 0.263. The monoisotopic (exact) mass is 542 g/mol. The summed E-state index contributed by atoms with van der Waals surface area (Å²) < 4.78 is 5.07. The molecule has 1 N–H and O–H groups in total. The number of aliphatic imine (C=N–C) groups is 1. The van der Waals surface area contributed by atoms with Crippen molar-refractivity contribution >= 4 is 45.9 Å². The predicted molar refractivity (Wildman–Crippen MR) is 124 cm³/mol. The third-order valence-electron chi connectivity index (χ3n) is 4.15. The molecule has 2 aromatic heterocycles. The molecule has 0 radical (unpaired) electrons. The van der Waals surface area contributed by atoms with Crippen molar-refractivity contribution in [1.82, 2.24) is 24.6 Å². The molecule has 0 aliphatic carbocycles. The number of hydrogen-bond acceptors (Lipinski definition) is 2. The summed E-state index contributed by atoms with van der Waals surface area (Å²) in [5.41, 5.74) is 3.36. The lowest BCUT2D eigenvalue weighted by Crippen LogP contribution is -2.38. The van der Waals surface area contributed by atoms with Crippen LogP contribution in [0.4, 0.5) is 0 Å². The van der Waals surface area contributed by atoms with Crippen LogP contribution in [0.2, 0.25) is 0 Å². The van der Waals surface area contributed by atoms with E-state index in [-0.39, 0.29) is 24.0 Å². The summed E-state index contributed by atoms with van der Waals surface area (Å²) >= 11 is 3.52. The maximum absolute atomic E-state index is 4.43. The van der Waals surface area contributed by atoms with Gasteiger partial charge in [0.05, 0.1) is 18.4 Å². The van der Waals surface area contributed by atoms with E-state index in [2.05, 4.69) is 53.1 Å². The molecule has 0 aliphatic heterocycles. The van der Waals surface area contributed by atoms with Crippen molar-refractivity contribution in [3.8, 4) is 5.69 Å². The van der Waals surface area contributed by atoms with Gasteiger partial charge in [-0.2, -0.15) is 5.10 Å². The van der Waals surface area contributed by atoms with E-state index in [0.717, 1.165) is 28.2 Å². The molecule has 3 rings (SSSR count). The Morgan fingerprint density at radius 3 is 2.63 bits per heavy atom. The molecule has 0 atom stereocenters. The maximum atomic E-state index is 4.43. The van der Waals surface area contributed by atoms with Gasteiger partial charge in [-0.05, 0) is 34.1 Å². The first-order valence-electron chi connectivity index (χ1n) is 8.38. The van der Waals surface area contributed by atoms with E-state index in [4.69, 9.17) is 0 Å². The largest absolute Gasteiger partial charge is 0.352 e. The SMILES string of the molecule is CN=C(NCc1cnn(-c2ccccc2)c1)N(C)Cc1cc(Br)cn1C.I. The van der Waals surface area contributed by atoms with Crippen molar-refractivity contribution < 1.29 is 0 Å². The van der Waals surface area contributed by atoms with Gasteiger partial charge in [0, 0.05) is 55.8 Å². The summed E-state index contributed by atoms with van der Waals surface area (Å²) in [6.07, 6.45) is 5.96. The number of aromatic nitrogens is 3. The Morgan fingerprint density at radius 1 is 1.26 bits per heavy atom. The van der Waals surface area contributed by atoms with Crippen LogP contribution in [-0.2, 0) is 20.1 Å². The van der Waals surface area contributed by atoms with Gasteiger partial charge in [0.25, 0.3) is 0 Å². The van der Waals surface area contributed by atoms with Crippen LogP contribution in [0.25, 0.3) is 5.69 Å². The lowest BCUT2D eigenvalue weighted by Gasteiger charge is -2.22. The first-order chi connectivity index (χ1) is 12.6. The lowest BCUT2D eigenvalue weighted by atomic mass is 10.3. The highest BCUT2D eigenvalue weighted by Gasteiger charge is 2.10. The van der Waals surface area contributed by atoms with Gasteiger partial charge in [-0.1, -0.05) is 18.2 Å². The summed E-state index contributed by atoms with van der Waals surface area (Å²) in [5, 5.41) is 7.83. The van der Waals surface area contributed by atoms with Gasteiger partial charge in [-0.15, -0.1) is 24.0 Å². The van der Waals surface area contributed by atoms with Gasteiger partial charge in [0.1, 0.15) is 0 Å². The molecular formula is C19H24BrIN6. The summed E-state index contributed by atoms with van der Waals surface area (Å²) in [6.45, 7) is 1.44. The minimum Gasteiger partial charge on any atom is -0.352 e. The van der Waals surface area contributed by atoms with Gasteiger partial charge >= 0.3 is 0 Å². The minimum absolute atomic E-state index is 0. The second-order valence-electron chi connectivity index (χ2n) is 6.15. The molecule has 0 fully saturated rings. The van der Waals surface area contributed by atoms with Crippen molar-refractivity contribution in [3.63, 3.8) is 0 Å². The summed E-state index contributed by atoms with van der Waals surface area (Å²) in [4.78, 5) is 6.48. The van der Waals surface area contributed by atoms with Gasteiger partial charge in [0.2, 0.25) is 0 Å². The summed E-state index contributed by atoms with van der Waals surface area (Å²) in [5.74, 6) is 0.842. The fourth-order valence-electron chi connectivity index (χ4n) is 2.78. The second kappa shape index (κ2) is 9.93. The first kappa shape index (κ1) is 21.5. The number of aryl methyl sites for hydroxylation is 1. The number of halogens is 2. The lowest BCUT2D eigenvalue weighted by molar-refractivity contribution is 0.461. The average molecular weight is 543 g/mol. The number of para-hydroxylation sites is 1. The topological polar surface area (TPSA) is 50.4 Å². The van der Waals surface area contributed by atoms with Crippen LogP contribution in [-0.4, -0.2) is 39.3 Å². The zero-order valence-electron chi connectivity index (χ0n) is 15.6. The molecule has 144 valence electrons. The molecule has 0 saturated heterocycles. The quantitative estimate of drug-likeness (QED) is 0.303. The van der Waals surface area contributed by atoms with Crippen LogP contribution in [0.1, 0.15) is 11.3 Å². The average Bonchev–Trinajstić information content (AvgIpc) is 3.23. The number of rotatable bonds is 5. The molecule has 0 unspecified atom stereocenters. The Bertz CT molecular complexity index is 887. The first-order valence-corrected chi connectivity index (χ1v) is 9.17. The minimum atomic E-state index is 0. The smallest absolute Gasteiger partial charge is 0.194 e. The normalized spacial score (nSPS) is 11.2. The van der Waals surface area contributed by atoms with Crippen molar-refractivity contribution in [2.24, 2.45) is 12.0 Å². The van der Waals surface area contributed by atoms with Crippen LogP contribution in [0, 0.1) is 0 Å². The molecule has 0 saturated carbocycles. The van der Waals surface area contributed by atoms with Crippen LogP contribution in [0.15, 0.2) is 64.5 Å². The van der Waals surface area contributed by atoms with E-state index in [1.165, 1.54) is 5.69 Å². The van der Waals surface area contributed by atoms with Crippen LogP contribution >= 0.6 is 39.9 Å². The second-order valence-corrected chi connectivity index (χ2v) is 7.06. The zero-order valence-corrected chi connectivity index (χ0v) is 19.5. The van der Waals surface area contributed by atoms with Crippen molar-refractivity contribution in [1.29, 1.82) is 0 Å². The number of nitrogens with one attached hydrogen (secondary N) is 1. The van der Waals surface area contributed by atoms with E-state index >= 15 is 0 Å².